The fourth-order valence-electron chi connectivity index (χ4n) is 6.67. The number of fused-ring (bicyclic) bond motifs is 4. The van der Waals surface area contributed by atoms with Gasteiger partial charge in [-0.05, 0) is 48.6 Å². The molecule has 50 heavy (non-hydrogen) atoms. The second-order valence-electron chi connectivity index (χ2n) is 11.6. The molecule has 1 atom stereocenters. The van der Waals surface area contributed by atoms with Gasteiger partial charge < -0.3 is 9.80 Å². The maximum atomic E-state index is 14.6. The van der Waals surface area contributed by atoms with E-state index in [0.717, 1.165) is 57.3 Å². The number of nitrogens with zero attached hydrogens (tertiary/aromatic N) is 5. The molecule has 0 N–H and O–H groups in total. The van der Waals surface area contributed by atoms with Gasteiger partial charge >= 0.3 is 0 Å². The summed E-state index contributed by atoms with van der Waals surface area (Å²) in [6.45, 7) is 2.02. The topological polar surface area (TPSA) is 45.2 Å². The van der Waals surface area contributed by atoms with E-state index >= 15 is 0 Å². The molecule has 1 aliphatic carbocycles. The number of aromatic nitrogens is 3. The number of benzene rings is 4. The van der Waals surface area contributed by atoms with Crippen LogP contribution in [0.15, 0.2) is 140 Å². The summed E-state index contributed by atoms with van der Waals surface area (Å²) in [6.07, 6.45) is 3.57. The molecular formula is C42H27F2IrN5-4. The molecule has 4 heterocycles. The summed E-state index contributed by atoms with van der Waals surface area (Å²) in [4.78, 5) is 18.2. The predicted octanol–water partition coefficient (Wildman–Crippen LogP) is 8.97. The minimum atomic E-state index is -0.832. The molecule has 2 aliphatic rings. The van der Waals surface area contributed by atoms with Crippen molar-refractivity contribution in [2.24, 2.45) is 0 Å². The van der Waals surface area contributed by atoms with E-state index < -0.39 is 17.0 Å². The Morgan fingerprint density at radius 3 is 2.32 bits per heavy atom. The van der Waals surface area contributed by atoms with Gasteiger partial charge in [-0.2, -0.15) is 61.3 Å². The average Bonchev–Trinajstić information content (AvgIpc) is 3.65. The van der Waals surface area contributed by atoms with Crippen molar-refractivity contribution < 1.29 is 28.9 Å². The second-order valence-corrected chi connectivity index (χ2v) is 11.6. The number of para-hydroxylation sites is 1. The van der Waals surface area contributed by atoms with Crippen molar-refractivity contribution in [1.82, 2.24) is 15.0 Å². The van der Waals surface area contributed by atoms with Crippen LogP contribution in [0.4, 0.5) is 26.0 Å². The molecule has 0 bridgehead atoms. The van der Waals surface area contributed by atoms with Gasteiger partial charge in [-0.1, -0.05) is 59.7 Å². The third kappa shape index (κ3) is 5.56. The quantitative estimate of drug-likeness (QED) is 0.166. The normalized spacial score (nSPS) is 15.3. The van der Waals surface area contributed by atoms with Crippen LogP contribution in [-0.2, 0) is 25.5 Å². The van der Waals surface area contributed by atoms with E-state index in [1.165, 1.54) is 0 Å². The largest absolute Gasteiger partial charge is 0.502 e. The van der Waals surface area contributed by atoms with Crippen LogP contribution in [0.3, 0.4) is 0 Å². The maximum Gasteiger partial charge on any atom is 0.124 e. The summed E-state index contributed by atoms with van der Waals surface area (Å²) in [5.74, 6) is -0.427. The molecule has 9 rings (SSSR count). The molecule has 8 heteroatoms. The predicted molar refractivity (Wildman–Crippen MR) is 187 cm³/mol. The van der Waals surface area contributed by atoms with Crippen molar-refractivity contribution in [3.8, 4) is 22.4 Å². The van der Waals surface area contributed by atoms with Crippen LogP contribution < -0.4 is 9.80 Å². The molecule has 7 aromatic rings. The van der Waals surface area contributed by atoms with Crippen LogP contribution in [0, 0.1) is 36.5 Å². The first-order valence-electron chi connectivity index (χ1n) is 15.7. The molecule has 4 aromatic carbocycles. The summed E-state index contributed by atoms with van der Waals surface area (Å²) in [6, 6.07) is 48.6. The first kappa shape index (κ1) is 33.0. The summed E-state index contributed by atoms with van der Waals surface area (Å²) in [7, 11) is 2.02. The number of hydrogen-bond acceptors (Lipinski definition) is 5. The molecule has 5 nitrogen and oxygen atoms in total. The first-order valence-corrected chi connectivity index (χ1v) is 15.7. The molecule has 0 saturated carbocycles. The van der Waals surface area contributed by atoms with Crippen LogP contribution >= 0.6 is 0 Å². The average molecular weight is 832 g/mol. The van der Waals surface area contributed by atoms with Gasteiger partial charge in [0.1, 0.15) is 5.82 Å². The van der Waals surface area contributed by atoms with Gasteiger partial charge in [-0.3, -0.25) is 18.7 Å². The monoisotopic (exact) mass is 832 g/mol. The summed E-state index contributed by atoms with van der Waals surface area (Å²) in [5, 5.41) is 0. The first-order chi connectivity index (χ1) is 24.1. The van der Waals surface area contributed by atoms with E-state index in [1.807, 2.05) is 110 Å². The molecule has 0 spiro atoms. The third-order valence-electron chi connectivity index (χ3n) is 8.76. The van der Waals surface area contributed by atoms with Crippen molar-refractivity contribution in [2.45, 2.75) is 5.41 Å². The van der Waals surface area contributed by atoms with Crippen LogP contribution in [0.1, 0.15) is 22.5 Å². The molecule has 3 aromatic heterocycles. The Hall–Kier alpha value is -5.56. The van der Waals surface area contributed by atoms with Crippen LogP contribution in [0.5, 0.6) is 0 Å². The second kappa shape index (κ2) is 13.7. The number of halogens is 2. The number of anilines is 3. The van der Waals surface area contributed by atoms with Crippen molar-refractivity contribution in [3.05, 3.63) is 199 Å². The zero-order valence-electron chi connectivity index (χ0n) is 26.7. The fourth-order valence-corrected chi connectivity index (χ4v) is 6.67. The fraction of sp³-hybridized carbons (Fsp3) is 0.0476. The summed E-state index contributed by atoms with van der Waals surface area (Å²) >= 11 is 0. The molecule has 1 radical (unpaired) electrons. The molecule has 0 saturated heterocycles. The third-order valence-corrected chi connectivity index (χ3v) is 8.76. The summed E-state index contributed by atoms with van der Waals surface area (Å²) < 4.78 is 28.1. The van der Waals surface area contributed by atoms with Gasteiger partial charge in [0.05, 0.1) is 11.1 Å². The van der Waals surface area contributed by atoms with Crippen LogP contribution in [-0.4, -0.2) is 22.0 Å². The van der Waals surface area contributed by atoms with E-state index in [9.17, 15) is 8.78 Å². The molecular weight excluding hydrogens is 805 g/mol. The molecule has 0 amide bonds. The van der Waals surface area contributed by atoms with Gasteiger partial charge in [0.2, 0.25) is 0 Å². The minimum Gasteiger partial charge on any atom is -0.502 e. The zero-order chi connectivity index (χ0) is 33.4. The van der Waals surface area contributed by atoms with Gasteiger partial charge in [-0.25, -0.2) is 4.98 Å². The Morgan fingerprint density at radius 1 is 0.720 bits per heavy atom. The van der Waals surface area contributed by atoms with Crippen molar-refractivity contribution in [1.29, 1.82) is 0 Å². The van der Waals surface area contributed by atoms with E-state index in [1.54, 1.807) is 12.3 Å². The van der Waals surface area contributed by atoms with Crippen molar-refractivity contribution in [3.63, 3.8) is 0 Å². The smallest absolute Gasteiger partial charge is 0.124 e. The summed E-state index contributed by atoms with van der Waals surface area (Å²) in [5.41, 5.74) is 7.39. The number of pyridine rings is 3. The van der Waals surface area contributed by atoms with Gasteiger partial charge in [0, 0.05) is 55.5 Å². The van der Waals surface area contributed by atoms with Crippen molar-refractivity contribution in [2.75, 3.05) is 16.8 Å². The van der Waals surface area contributed by atoms with Crippen LogP contribution in [0.2, 0.25) is 0 Å². The maximum absolute atomic E-state index is 14.6. The molecule has 247 valence electrons. The van der Waals surface area contributed by atoms with Gasteiger partial charge in [0.25, 0.3) is 0 Å². The minimum absolute atomic E-state index is 0. The van der Waals surface area contributed by atoms with E-state index in [2.05, 4.69) is 52.3 Å². The number of hydrogen-bond donors (Lipinski definition) is 0. The van der Waals surface area contributed by atoms with Crippen molar-refractivity contribution >= 4 is 17.2 Å². The standard InChI is InChI=1S/C29H16F2N2.C13H11N3.Ir/c30-19-15-16-22(25(31)18-19)26-12-7-14-28(33-26)29(27-13-5-6-17-32-27)23-10-3-1-8-20(23)21-9-2-4-11-24(21)29;1-15-10-16(11-6-3-2-4-7-11)13-12(15)8-5-9-14-13;/h1-10,12-15,17-18H;2-6,8-10H,1H3;/q2*-2;/t29-;;/m0../s1. The van der Waals surface area contributed by atoms with E-state index in [-0.39, 0.29) is 25.7 Å². The Morgan fingerprint density at radius 2 is 1.50 bits per heavy atom. The SMILES string of the molecule is CN1[CH-]N(c2[c-]cccc2)c2ncccc21.Fc1c[c-]c(-c2cccc([C@]3(c4ccccn4)c4[c-]cccc4-c4ccccc43)n2)c(F)c1.[Ir]. The Balaban J connectivity index is 0.000000194. The molecule has 0 unspecified atom stereocenters. The van der Waals surface area contributed by atoms with Gasteiger partial charge in [-0.15, -0.1) is 28.9 Å². The van der Waals surface area contributed by atoms with E-state index in [4.69, 9.17) is 9.97 Å². The zero-order valence-corrected chi connectivity index (χ0v) is 29.1. The molecule has 0 fully saturated rings. The van der Waals surface area contributed by atoms with Crippen LogP contribution in [0.25, 0.3) is 22.4 Å². The Kier molecular flexibility index (Phi) is 9.06. The van der Waals surface area contributed by atoms with Gasteiger partial charge in [0.15, 0.2) is 0 Å². The Bertz CT molecular complexity index is 2240. The van der Waals surface area contributed by atoms with E-state index in [0.29, 0.717) is 11.4 Å². The number of rotatable bonds is 4. The Labute approximate surface area is 303 Å². The molecule has 1 aliphatic heterocycles.